The predicted molar refractivity (Wildman–Crippen MR) is 78.4 cm³/mol. The molecule has 2 N–H and O–H groups in total. The van der Waals surface area contributed by atoms with Crippen LogP contribution in [0.2, 0.25) is 0 Å². The minimum Gasteiger partial charge on any atom is -0.334 e. The van der Waals surface area contributed by atoms with E-state index >= 15 is 0 Å². The molecule has 0 radical (unpaired) electrons. The van der Waals surface area contributed by atoms with Gasteiger partial charge in [-0.3, -0.25) is 4.98 Å². The first kappa shape index (κ1) is 15.2. The Kier molecular flexibility index (Phi) is 5.51. The van der Waals surface area contributed by atoms with Gasteiger partial charge in [0.2, 0.25) is 0 Å². The van der Waals surface area contributed by atoms with Gasteiger partial charge in [0, 0.05) is 29.5 Å². The molecule has 21 heavy (non-hydrogen) atoms. The molecule has 0 aliphatic rings. The molecular weight excluding hydrogens is 296 g/mol. The van der Waals surface area contributed by atoms with Crippen LogP contribution in [0.25, 0.3) is 0 Å². The molecule has 4 nitrogen and oxygen atoms in total. The Morgan fingerprint density at radius 2 is 2.14 bits per heavy atom. The number of benzene rings is 1. The van der Waals surface area contributed by atoms with Crippen molar-refractivity contribution in [3.63, 3.8) is 0 Å². The van der Waals surface area contributed by atoms with Crippen molar-refractivity contribution in [3.05, 3.63) is 54.4 Å². The molecule has 0 fully saturated rings. The Bertz CT molecular complexity index is 596. The van der Waals surface area contributed by atoms with Gasteiger partial charge in [-0.15, -0.1) is 0 Å². The van der Waals surface area contributed by atoms with Gasteiger partial charge in [-0.1, -0.05) is 23.9 Å². The summed E-state index contributed by atoms with van der Waals surface area (Å²) in [7, 11) is 0. The average Bonchev–Trinajstić information content (AvgIpc) is 2.46. The molecule has 7 heteroatoms. The number of alkyl halides is 2. The number of anilines is 1. The van der Waals surface area contributed by atoms with Crippen molar-refractivity contribution in [3.8, 4) is 0 Å². The van der Waals surface area contributed by atoms with Gasteiger partial charge in [-0.2, -0.15) is 8.78 Å². The Hall–Kier alpha value is -2.15. The maximum Gasteiger partial charge on any atom is 0.319 e. The number of pyridine rings is 1. The molecule has 0 atom stereocenters. The summed E-state index contributed by atoms with van der Waals surface area (Å²) in [5, 5.41) is 5.26. The largest absolute Gasteiger partial charge is 0.334 e. The number of thioether (sulfide) groups is 1. The van der Waals surface area contributed by atoms with Gasteiger partial charge in [-0.25, -0.2) is 4.79 Å². The smallest absolute Gasteiger partial charge is 0.319 e. The highest BCUT2D eigenvalue weighted by atomic mass is 32.2. The van der Waals surface area contributed by atoms with Crippen LogP contribution in [0.5, 0.6) is 0 Å². The van der Waals surface area contributed by atoms with Crippen LogP contribution in [0.3, 0.4) is 0 Å². The van der Waals surface area contributed by atoms with Crippen LogP contribution in [0, 0.1) is 0 Å². The molecule has 0 unspecified atom stereocenters. The van der Waals surface area contributed by atoms with Gasteiger partial charge in [-0.05, 0) is 29.8 Å². The summed E-state index contributed by atoms with van der Waals surface area (Å²) in [5.41, 5.74) is 1.33. The maximum atomic E-state index is 12.3. The van der Waals surface area contributed by atoms with E-state index in [4.69, 9.17) is 0 Å². The van der Waals surface area contributed by atoms with E-state index in [9.17, 15) is 13.6 Å². The lowest BCUT2D eigenvalue weighted by Gasteiger charge is -2.08. The molecule has 1 aromatic heterocycles. The molecule has 1 aromatic carbocycles. The number of hydrogen-bond acceptors (Lipinski definition) is 3. The lowest BCUT2D eigenvalue weighted by Crippen LogP contribution is -2.28. The molecule has 110 valence electrons. The van der Waals surface area contributed by atoms with Gasteiger partial charge in [0.05, 0.1) is 0 Å². The van der Waals surface area contributed by atoms with Crippen LogP contribution >= 0.6 is 11.8 Å². The lowest BCUT2D eigenvalue weighted by atomic mass is 10.3. The minimum absolute atomic E-state index is 0.338. The average molecular weight is 309 g/mol. The first-order chi connectivity index (χ1) is 10.1. The van der Waals surface area contributed by atoms with E-state index in [1.165, 1.54) is 6.07 Å². The highest BCUT2D eigenvalue weighted by molar-refractivity contribution is 7.99. The summed E-state index contributed by atoms with van der Waals surface area (Å²) in [4.78, 5) is 16.1. The van der Waals surface area contributed by atoms with Crippen LogP contribution in [-0.4, -0.2) is 16.8 Å². The number of nitrogens with one attached hydrogen (secondary N) is 2. The summed E-state index contributed by atoms with van der Waals surface area (Å²) in [6.07, 6.45) is 3.30. The van der Waals surface area contributed by atoms with Gasteiger partial charge < -0.3 is 10.6 Å². The van der Waals surface area contributed by atoms with Crippen molar-refractivity contribution in [1.82, 2.24) is 10.3 Å². The fourth-order valence-corrected chi connectivity index (χ4v) is 2.17. The molecule has 2 aromatic rings. The van der Waals surface area contributed by atoms with E-state index in [2.05, 4.69) is 15.6 Å². The second-order valence-electron chi connectivity index (χ2n) is 4.08. The molecule has 2 amide bonds. The molecule has 0 aliphatic carbocycles. The number of hydrogen-bond donors (Lipinski definition) is 2. The number of carbonyl (C=O) groups excluding carboxylic acids is 1. The monoisotopic (exact) mass is 309 g/mol. The van der Waals surface area contributed by atoms with E-state index in [-0.39, 0.29) is 0 Å². The second kappa shape index (κ2) is 7.58. The third kappa shape index (κ3) is 5.39. The summed E-state index contributed by atoms with van der Waals surface area (Å²) in [6, 6.07) is 9.53. The number of carbonyl (C=O) groups is 1. The van der Waals surface area contributed by atoms with Crippen molar-refractivity contribution >= 4 is 23.5 Å². The quantitative estimate of drug-likeness (QED) is 0.828. The lowest BCUT2D eigenvalue weighted by molar-refractivity contribution is 0.251. The fourth-order valence-electron chi connectivity index (χ4n) is 1.61. The van der Waals surface area contributed by atoms with Crippen LogP contribution in [-0.2, 0) is 6.54 Å². The van der Waals surface area contributed by atoms with Crippen LogP contribution in [0.4, 0.5) is 19.3 Å². The Labute approximate surface area is 125 Å². The van der Waals surface area contributed by atoms with Crippen molar-refractivity contribution in [2.75, 3.05) is 5.32 Å². The summed E-state index contributed by atoms with van der Waals surface area (Å²) in [6.45, 7) is 0.338. The van der Waals surface area contributed by atoms with E-state index < -0.39 is 11.8 Å². The molecule has 2 rings (SSSR count). The second-order valence-corrected chi connectivity index (χ2v) is 5.14. The molecule has 0 aliphatic heterocycles. The van der Waals surface area contributed by atoms with Gasteiger partial charge in [0.15, 0.2) is 0 Å². The maximum absolute atomic E-state index is 12.3. The first-order valence-corrected chi connectivity index (χ1v) is 7.00. The molecular formula is C14H13F2N3OS. The third-order valence-electron chi connectivity index (χ3n) is 2.49. The fraction of sp³-hybridized carbons (Fsp3) is 0.143. The van der Waals surface area contributed by atoms with Crippen molar-refractivity contribution in [1.29, 1.82) is 0 Å². The van der Waals surface area contributed by atoms with E-state index in [0.717, 1.165) is 5.56 Å². The zero-order valence-electron chi connectivity index (χ0n) is 10.9. The van der Waals surface area contributed by atoms with Crippen LogP contribution in [0.1, 0.15) is 5.56 Å². The van der Waals surface area contributed by atoms with Gasteiger partial charge in [0.25, 0.3) is 5.76 Å². The number of amides is 2. The molecule has 0 bridgehead atoms. The van der Waals surface area contributed by atoms with Crippen LogP contribution < -0.4 is 10.6 Å². The summed E-state index contributed by atoms with van der Waals surface area (Å²) in [5.74, 6) is -2.49. The van der Waals surface area contributed by atoms with Gasteiger partial charge in [0.1, 0.15) is 0 Å². The zero-order valence-corrected chi connectivity index (χ0v) is 11.7. The molecule has 1 heterocycles. The van der Waals surface area contributed by atoms with Crippen molar-refractivity contribution in [2.45, 2.75) is 17.2 Å². The Morgan fingerprint density at radius 1 is 1.29 bits per heavy atom. The molecule has 0 saturated carbocycles. The summed E-state index contributed by atoms with van der Waals surface area (Å²) < 4.78 is 24.6. The SMILES string of the molecule is O=C(NCc1cccnc1)Nc1cccc(SC(F)F)c1. The predicted octanol–water partition coefficient (Wildman–Crippen LogP) is 3.72. The number of aromatic nitrogens is 1. The highest BCUT2D eigenvalue weighted by Crippen LogP contribution is 2.27. The Balaban J connectivity index is 1.87. The standard InChI is InChI=1S/C14H13F2N3OS/c15-13(16)21-12-5-1-4-11(7-12)19-14(20)18-9-10-3-2-6-17-8-10/h1-8,13H,9H2,(H2,18,19,20). The normalized spacial score (nSPS) is 10.4. The Morgan fingerprint density at radius 3 is 2.86 bits per heavy atom. The zero-order chi connectivity index (χ0) is 15.1. The number of halogens is 2. The van der Waals surface area contributed by atoms with E-state index in [1.54, 1.807) is 36.7 Å². The number of urea groups is 1. The van der Waals surface area contributed by atoms with Gasteiger partial charge >= 0.3 is 6.03 Å². The third-order valence-corrected chi connectivity index (χ3v) is 3.20. The van der Waals surface area contributed by atoms with Crippen molar-refractivity contribution in [2.24, 2.45) is 0 Å². The van der Waals surface area contributed by atoms with Crippen LogP contribution in [0.15, 0.2) is 53.7 Å². The van der Waals surface area contributed by atoms with Crippen molar-refractivity contribution < 1.29 is 13.6 Å². The number of nitrogens with zero attached hydrogens (tertiary/aromatic N) is 1. The summed E-state index contributed by atoms with van der Waals surface area (Å²) >= 11 is 0.437. The number of rotatable bonds is 5. The first-order valence-electron chi connectivity index (χ1n) is 6.12. The highest BCUT2D eigenvalue weighted by Gasteiger charge is 2.07. The topological polar surface area (TPSA) is 54.0 Å². The van der Waals surface area contributed by atoms with E-state index in [1.807, 2.05) is 6.07 Å². The molecule has 0 spiro atoms. The van der Waals surface area contributed by atoms with E-state index in [0.29, 0.717) is 28.9 Å². The minimum atomic E-state index is -2.49. The molecule has 0 saturated heterocycles.